The first-order valence-electron chi connectivity index (χ1n) is 9.52. The summed E-state index contributed by atoms with van der Waals surface area (Å²) in [5.74, 6) is -1.12. The lowest BCUT2D eigenvalue weighted by Crippen LogP contribution is -2.45. The third kappa shape index (κ3) is 6.17. The average molecular weight is 488 g/mol. The molecule has 0 saturated heterocycles. The number of ether oxygens (including phenoxy) is 1. The third-order valence-electron chi connectivity index (χ3n) is 4.30. The molecule has 1 atom stereocenters. The number of benzene rings is 2. The quantitative estimate of drug-likeness (QED) is 0.560. The highest BCUT2D eigenvalue weighted by Crippen LogP contribution is 2.29. The van der Waals surface area contributed by atoms with Crippen molar-refractivity contribution >= 4 is 37.3 Å². The van der Waals surface area contributed by atoms with Crippen molar-refractivity contribution in [1.82, 2.24) is 4.72 Å². The minimum atomic E-state index is -3.92. The molecule has 0 aromatic heterocycles. The Kier molecular flexibility index (Phi) is 7.86. The highest BCUT2D eigenvalue weighted by atomic mass is 32.2. The number of hydrogen-bond acceptors (Lipinski definition) is 6. The smallest absolute Gasteiger partial charge is 0.248 e. The topological polar surface area (TPSA) is 122 Å². The summed E-state index contributed by atoms with van der Waals surface area (Å²) in [7, 11) is -6.42. The largest absolute Gasteiger partial charge is 0.495 e. The van der Waals surface area contributed by atoms with Gasteiger partial charge in [0, 0.05) is 6.04 Å². The molecule has 0 spiro atoms. The van der Waals surface area contributed by atoms with E-state index in [1.165, 1.54) is 44.4 Å². The lowest BCUT2D eigenvalue weighted by molar-refractivity contribution is -0.116. The number of sulfonamides is 2. The van der Waals surface area contributed by atoms with E-state index in [1.807, 2.05) is 0 Å². The average Bonchev–Trinajstić information content (AvgIpc) is 2.67. The number of nitrogens with zero attached hydrogens (tertiary/aromatic N) is 1. The number of amides is 1. The van der Waals surface area contributed by atoms with Gasteiger partial charge in [-0.25, -0.2) is 25.9 Å². The van der Waals surface area contributed by atoms with Crippen LogP contribution < -0.4 is 19.1 Å². The van der Waals surface area contributed by atoms with Gasteiger partial charge < -0.3 is 10.1 Å². The maximum absolute atomic E-state index is 13.3. The van der Waals surface area contributed by atoms with Crippen molar-refractivity contribution < 1.29 is 30.8 Å². The minimum Gasteiger partial charge on any atom is -0.495 e. The first-order valence-corrected chi connectivity index (χ1v) is 12.9. The summed E-state index contributed by atoms with van der Waals surface area (Å²) in [5.41, 5.74) is 0.143. The van der Waals surface area contributed by atoms with E-state index in [4.69, 9.17) is 4.74 Å². The van der Waals surface area contributed by atoms with Gasteiger partial charge in [-0.3, -0.25) is 9.10 Å². The van der Waals surface area contributed by atoms with E-state index >= 15 is 0 Å². The number of anilines is 2. The lowest BCUT2D eigenvalue weighted by atomic mass is 10.2. The van der Waals surface area contributed by atoms with Crippen molar-refractivity contribution in [3.8, 4) is 5.75 Å². The van der Waals surface area contributed by atoms with E-state index in [1.54, 1.807) is 13.8 Å². The predicted molar refractivity (Wildman–Crippen MR) is 120 cm³/mol. The number of carbonyl (C=O) groups is 1. The Morgan fingerprint density at radius 2 is 1.62 bits per heavy atom. The maximum atomic E-state index is 13.3. The SMILES string of the molecule is COc1ccc(S(=O)(=O)NC(C)C)cc1NC(=O)[C@@H](C)N(c1ccc(F)cc1)S(C)(=O)=O. The Labute approximate surface area is 187 Å². The van der Waals surface area contributed by atoms with Gasteiger partial charge >= 0.3 is 0 Å². The van der Waals surface area contributed by atoms with Gasteiger partial charge in [0.1, 0.15) is 17.6 Å². The number of rotatable bonds is 9. The second-order valence-electron chi connectivity index (χ2n) is 7.34. The number of nitrogens with one attached hydrogen (secondary N) is 2. The molecule has 0 aliphatic carbocycles. The van der Waals surface area contributed by atoms with Crippen molar-refractivity contribution in [1.29, 1.82) is 0 Å². The molecule has 0 bridgehead atoms. The zero-order chi connectivity index (χ0) is 24.3. The molecule has 2 aromatic rings. The van der Waals surface area contributed by atoms with Crippen LogP contribution in [0.15, 0.2) is 47.4 Å². The van der Waals surface area contributed by atoms with E-state index in [0.717, 1.165) is 22.7 Å². The van der Waals surface area contributed by atoms with Gasteiger partial charge in [-0.05, 0) is 63.2 Å². The summed E-state index contributed by atoms with van der Waals surface area (Å²) in [6, 6.07) is 6.98. The summed E-state index contributed by atoms with van der Waals surface area (Å²) in [4.78, 5) is 12.8. The van der Waals surface area contributed by atoms with Crippen molar-refractivity contribution in [3.05, 3.63) is 48.3 Å². The van der Waals surface area contributed by atoms with Gasteiger partial charge in [-0.1, -0.05) is 0 Å². The molecule has 0 saturated carbocycles. The number of hydrogen-bond donors (Lipinski definition) is 2. The van der Waals surface area contributed by atoms with Crippen LogP contribution in [0.1, 0.15) is 20.8 Å². The number of carbonyl (C=O) groups excluding carboxylic acids is 1. The molecular formula is C20H26FN3O6S2. The summed E-state index contributed by atoms with van der Waals surface area (Å²) >= 11 is 0. The molecule has 0 radical (unpaired) electrons. The van der Waals surface area contributed by atoms with Gasteiger partial charge in [-0.15, -0.1) is 0 Å². The standard InChI is InChI=1S/C20H26FN3O6S2/c1-13(2)23-32(28,29)17-10-11-19(30-4)18(12-17)22-20(25)14(3)24(31(5,26)27)16-8-6-15(21)7-9-16/h6-14,23H,1-5H3,(H,22,25)/t14-/m1/s1. The third-order valence-corrected chi connectivity index (χ3v) is 7.20. The second kappa shape index (κ2) is 9.84. The fourth-order valence-corrected chi connectivity index (χ4v) is 5.42. The summed E-state index contributed by atoms with van der Waals surface area (Å²) < 4.78 is 71.5. The Balaban J connectivity index is 2.41. The molecule has 12 heteroatoms. The zero-order valence-electron chi connectivity index (χ0n) is 18.3. The molecule has 0 unspecified atom stereocenters. The Morgan fingerprint density at radius 1 is 1.03 bits per heavy atom. The number of halogens is 1. The summed E-state index contributed by atoms with van der Waals surface area (Å²) in [6.07, 6.45) is 0.922. The molecule has 176 valence electrons. The normalized spacial score (nSPS) is 13.0. The summed E-state index contributed by atoms with van der Waals surface area (Å²) in [5, 5.41) is 2.52. The first kappa shape index (κ1) is 25.6. The van der Waals surface area contributed by atoms with E-state index in [9.17, 15) is 26.0 Å². The van der Waals surface area contributed by atoms with E-state index in [0.29, 0.717) is 0 Å². The van der Waals surface area contributed by atoms with Crippen molar-refractivity contribution in [2.45, 2.75) is 37.8 Å². The minimum absolute atomic E-state index is 0.0449. The van der Waals surface area contributed by atoms with Crippen LogP contribution >= 0.6 is 0 Å². The highest BCUT2D eigenvalue weighted by Gasteiger charge is 2.30. The van der Waals surface area contributed by atoms with Crippen molar-refractivity contribution in [2.75, 3.05) is 23.0 Å². The Morgan fingerprint density at radius 3 is 2.12 bits per heavy atom. The van der Waals surface area contributed by atoms with Crippen LogP contribution in [0, 0.1) is 5.82 Å². The number of methoxy groups -OCH3 is 1. The second-order valence-corrected chi connectivity index (χ2v) is 10.9. The molecule has 0 heterocycles. The monoisotopic (exact) mass is 487 g/mol. The van der Waals surface area contributed by atoms with Gasteiger partial charge in [-0.2, -0.15) is 0 Å². The van der Waals surface area contributed by atoms with E-state index in [-0.39, 0.29) is 28.1 Å². The molecule has 9 nitrogen and oxygen atoms in total. The van der Waals surface area contributed by atoms with Crippen LogP contribution in [0.3, 0.4) is 0 Å². The van der Waals surface area contributed by atoms with Gasteiger partial charge in [0.15, 0.2) is 0 Å². The lowest BCUT2D eigenvalue weighted by Gasteiger charge is -2.28. The van der Waals surface area contributed by atoms with Crippen LogP contribution in [0.4, 0.5) is 15.8 Å². The molecule has 0 aliphatic heterocycles. The van der Waals surface area contributed by atoms with Crippen LogP contribution in [0.25, 0.3) is 0 Å². The molecule has 2 rings (SSSR count). The van der Waals surface area contributed by atoms with Crippen LogP contribution in [-0.4, -0.2) is 48.2 Å². The fourth-order valence-electron chi connectivity index (χ4n) is 2.96. The maximum Gasteiger partial charge on any atom is 0.248 e. The Bertz CT molecular complexity index is 1180. The molecule has 0 aliphatic rings. The predicted octanol–water partition coefficient (Wildman–Crippen LogP) is 2.31. The fraction of sp³-hybridized carbons (Fsp3) is 0.350. The molecule has 1 amide bonds. The first-order chi connectivity index (χ1) is 14.8. The van der Waals surface area contributed by atoms with Crippen molar-refractivity contribution in [3.63, 3.8) is 0 Å². The zero-order valence-corrected chi connectivity index (χ0v) is 19.9. The molecule has 32 heavy (non-hydrogen) atoms. The molecule has 2 aromatic carbocycles. The van der Waals surface area contributed by atoms with Gasteiger partial charge in [0.25, 0.3) is 0 Å². The van der Waals surface area contributed by atoms with Crippen LogP contribution in [-0.2, 0) is 24.8 Å². The van der Waals surface area contributed by atoms with Gasteiger partial charge in [0.05, 0.1) is 29.6 Å². The molecular weight excluding hydrogens is 461 g/mol. The van der Waals surface area contributed by atoms with Gasteiger partial charge in [0.2, 0.25) is 26.0 Å². The molecule has 2 N–H and O–H groups in total. The van der Waals surface area contributed by atoms with E-state index < -0.39 is 37.8 Å². The highest BCUT2D eigenvalue weighted by molar-refractivity contribution is 7.92. The summed E-state index contributed by atoms with van der Waals surface area (Å²) in [6.45, 7) is 4.69. The van der Waals surface area contributed by atoms with Crippen molar-refractivity contribution in [2.24, 2.45) is 0 Å². The van der Waals surface area contributed by atoms with Crippen LogP contribution in [0.2, 0.25) is 0 Å². The van der Waals surface area contributed by atoms with Crippen LogP contribution in [0.5, 0.6) is 5.75 Å². The Hall–Kier alpha value is -2.70. The van der Waals surface area contributed by atoms with E-state index in [2.05, 4.69) is 10.0 Å². The molecule has 0 fully saturated rings.